The van der Waals surface area contributed by atoms with Crippen molar-refractivity contribution in [2.24, 2.45) is 0 Å². The second-order valence-corrected chi connectivity index (χ2v) is 3.75. The molecule has 0 saturated carbocycles. The highest BCUT2D eigenvalue weighted by Gasteiger charge is 2.10. The quantitative estimate of drug-likeness (QED) is 0.615. The lowest BCUT2D eigenvalue weighted by molar-refractivity contribution is 0.0786. The largest absolute Gasteiger partial charge is 0.395 e. The van der Waals surface area contributed by atoms with E-state index >= 15 is 0 Å². The number of alkyl halides is 2. The SMILES string of the molecule is CSCCCN(CCO)CC(F)F. The fraction of sp³-hybridized carbons (Fsp3) is 1.00. The van der Waals surface area contributed by atoms with Crippen molar-refractivity contribution in [2.45, 2.75) is 12.8 Å². The van der Waals surface area contributed by atoms with Crippen LogP contribution in [0.1, 0.15) is 6.42 Å². The number of nitrogens with zero attached hydrogens (tertiary/aromatic N) is 1. The second kappa shape index (κ2) is 8.72. The normalized spacial score (nSPS) is 11.5. The minimum Gasteiger partial charge on any atom is -0.395 e. The summed E-state index contributed by atoms with van der Waals surface area (Å²) >= 11 is 1.70. The molecule has 1 N–H and O–H groups in total. The number of aliphatic hydroxyl groups excluding tert-OH is 1. The fourth-order valence-electron chi connectivity index (χ4n) is 1.06. The summed E-state index contributed by atoms with van der Waals surface area (Å²) in [6.07, 6.45) is 0.582. The van der Waals surface area contributed by atoms with E-state index in [4.69, 9.17) is 5.11 Å². The predicted molar refractivity (Wildman–Crippen MR) is 52.5 cm³/mol. The molecule has 13 heavy (non-hydrogen) atoms. The first-order valence-corrected chi connectivity index (χ1v) is 5.70. The number of hydrogen-bond donors (Lipinski definition) is 1. The van der Waals surface area contributed by atoms with Gasteiger partial charge in [-0.25, -0.2) is 8.78 Å². The molecule has 0 aliphatic heterocycles. The number of hydrogen-bond acceptors (Lipinski definition) is 3. The van der Waals surface area contributed by atoms with E-state index in [9.17, 15) is 8.78 Å². The van der Waals surface area contributed by atoms with Crippen LogP contribution in [0.15, 0.2) is 0 Å². The summed E-state index contributed by atoms with van der Waals surface area (Å²) in [7, 11) is 0. The van der Waals surface area contributed by atoms with Crippen molar-refractivity contribution in [3.63, 3.8) is 0 Å². The van der Waals surface area contributed by atoms with Gasteiger partial charge >= 0.3 is 0 Å². The van der Waals surface area contributed by atoms with Crippen molar-refractivity contribution in [1.82, 2.24) is 4.90 Å². The molecule has 0 unspecified atom stereocenters. The minimum absolute atomic E-state index is 0.0496. The molecule has 0 aromatic rings. The lowest BCUT2D eigenvalue weighted by atomic mass is 10.4. The number of halogens is 2. The van der Waals surface area contributed by atoms with Gasteiger partial charge in [-0.15, -0.1) is 0 Å². The van der Waals surface area contributed by atoms with Gasteiger partial charge in [0.15, 0.2) is 0 Å². The van der Waals surface area contributed by atoms with Crippen LogP contribution in [0.25, 0.3) is 0 Å². The summed E-state index contributed by atoms with van der Waals surface area (Å²) in [6.45, 7) is 0.714. The first-order chi connectivity index (χ1) is 6.20. The van der Waals surface area contributed by atoms with Gasteiger partial charge in [0.1, 0.15) is 0 Å². The highest BCUT2D eigenvalue weighted by Crippen LogP contribution is 2.02. The lowest BCUT2D eigenvalue weighted by Gasteiger charge is -2.20. The maximum absolute atomic E-state index is 12.0. The van der Waals surface area contributed by atoms with Crippen molar-refractivity contribution in [3.05, 3.63) is 0 Å². The van der Waals surface area contributed by atoms with Gasteiger partial charge in [0.05, 0.1) is 13.2 Å². The molecule has 0 radical (unpaired) electrons. The van der Waals surface area contributed by atoms with Crippen LogP contribution in [0.5, 0.6) is 0 Å². The second-order valence-electron chi connectivity index (χ2n) is 2.76. The van der Waals surface area contributed by atoms with E-state index in [0.717, 1.165) is 12.2 Å². The molecule has 0 bridgehead atoms. The maximum Gasteiger partial charge on any atom is 0.251 e. The molecule has 0 saturated heterocycles. The zero-order chi connectivity index (χ0) is 10.1. The number of thioether (sulfide) groups is 1. The molecule has 80 valence electrons. The average molecular weight is 213 g/mol. The summed E-state index contributed by atoms with van der Waals surface area (Å²) in [4.78, 5) is 1.60. The minimum atomic E-state index is -2.30. The Morgan fingerprint density at radius 2 is 2.08 bits per heavy atom. The molecule has 0 aromatic heterocycles. The average Bonchev–Trinajstić information content (AvgIpc) is 2.04. The van der Waals surface area contributed by atoms with Crippen molar-refractivity contribution < 1.29 is 13.9 Å². The van der Waals surface area contributed by atoms with Gasteiger partial charge in [-0.3, -0.25) is 4.90 Å². The van der Waals surface area contributed by atoms with Crippen LogP contribution in [0.2, 0.25) is 0 Å². The molecular formula is C8H17F2NOS. The van der Waals surface area contributed by atoms with E-state index in [2.05, 4.69) is 0 Å². The van der Waals surface area contributed by atoms with Crippen LogP contribution < -0.4 is 0 Å². The maximum atomic E-state index is 12.0. The Kier molecular flexibility index (Phi) is 8.80. The molecule has 0 aliphatic carbocycles. The molecule has 2 nitrogen and oxygen atoms in total. The van der Waals surface area contributed by atoms with Crippen LogP contribution >= 0.6 is 11.8 Å². The first-order valence-electron chi connectivity index (χ1n) is 4.31. The third-order valence-electron chi connectivity index (χ3n) is 1.64. The first kappa shape index (κ1) is 13.1. The van der Waals surface area contributed by atoms with Crippen molar-refractivity contribution in [2.75, 3.05) is 38.2 Å². The highest BCUT2D eigenvalue weighted by atomic mass is 32.2. The summed E-state index contributed by atoms with van der Waals surface area (Å²) in [6, 6.07) is 0. The number of aliphatic hydroxyl groups is 1. The van der Waals surface area contributed by atoms with Crippen LogP contribution in [0, 0.1) is 0 Å². The van der Waals surface area contributed by atoms with E-state index in [0.29, 0.717) is 13.1 Å². The zero-order valence-corrected chi connectivity index (χ0v) is 8.70. The van der Waals surface area contributed by atoms with Gasteiger partial charge in [-0.2, -0.15) is 11.8 Å². The third kappa shape index (κ3) is 8.46. The van der Waals surface area contributed by atoms with Crippen molar-refractivity contribution >= 4 is 11.8 Å². The summed E-state index contributed by atoms with van der Waals surface area (Å²) in [5.74, 6) is 0.977. The van der Waals surface area contributed by atoms with E-state index in [-0.39, 0.29) is 13.2 Å². The van der Waals surface area contributed by atoms with Crippen LogP contribution in [0.3, 0.4) is 0 Å². The Hall–Kier alpha value is 0.130. The molecule has 0 amide bonds. The smallest absolute Gasteiger partial charge is 0.251 e. The predicted octanol–water partition coefficient (Wildman–Crippen LogP) is 1.30. The Labute approximate surface area is 82.3 Å². The molecule has 0 aliphatic rings. The number of rotatable bonds is 8. The lowest BCUT2D eigenvalue weighted by Crippen LogP contribution is -2.32. The molecule has 0 atom stereocenters. The molecule has 0 spiro atoms. The molecule has 0 rings (SSSR count). The van der Waals surface area contributed by atoms with Gasteiger partial charge in [0, 0.05) is 6.54 Å². The Morgan fingerprint density at radius 1 is 1.38 bits per heavy atom. The van der Waals surface area contributed by atoms with E-state index in [1.165, 1.54) is 0 Å². The van der Waals surface area contributed by atoms with Crippen LogP contribution in [-0.2, 0) is 0 Å². The van der Waals surface area contributed by atoms with Crippen molar-refractivity contribution in [3.8, 4) is 0 Å². The molecule has 0 aromatic carbocycles. The van der Waals surface area contributed by atoms with Gasteiger partial charge in [0.2, 0.25) is 0 Å². The molecule has 0 fully saturated rings. The van der Waals surface area contributed by atoms with Crippen molar-refractivity contribution in [1.29, 1.82) is 0 Å². The van der Waals surface area contributed by atoms with Gasteiger partial charge < -0.3 is 5.11 Å². The van der Waals surface area contributed by atoms with Gasteiger partial charge in [0.25, 0.3) is 6.43 Å². The Balaban J connectivity index is 3.53. The highest BCUT2D eigenvalue weighted by molar-refractivity contribution is 7.98. The summed E-state index contributed by atoms with van der Waals surface area (Å²) < 4.78 is 24.0. The monoisotopic (exact) mass is 213 g/mol. The van der Waals surface area contributed by atoms with Gasteiger partial charge in [-0.05, 0) is 25.0 Å². The molecular weight excluding hydrogens is 196 g/mol. The van der Waals surface area contributed by atoms with E-state index < -0.39 is 6.43 Å². The Morgan fingerprint density at radius 3 is 2.54 bits per heavy atom. The van der Waals surface area contributed by atoms with Crippen LogP contribution in [-0.4, -0.2) is 54.7 Å². The van der Waals surface area contributed by atoms with E-state index in [1.54, 1.807) is 16.7 Å². The topological polar surface area (TPSA) is 23.5 Å². The zero-order valence-electron chi connectivity index (χ0n) is 7.88. The van der Waals surface area contributed by atoms with Gasteiger partial charge in [-0.1, -0.05) is 0 Å². The van der Waals surface area contributed by atoms with E-state index in [1.807, 2.05) is 6.26 Å². The standard InChI is InChI=1S/C8H17F2NOS/c1-13-6-2-3-11(4-5-12)7-8(9)10/h8,12H,2-7H2,1H3. The molecule has 0 heterocycles. The Bertz CT molecular complexity index is 116. The molecule has 5 heteroatoms. The van der Waals surface area contributed by atoms with Crippen LogP contribution in [0.4, 0.5) is 8.78 Å². The summed E-state index contributed by atoms with van der Waals surface area (Å²) in [5.41, 5.74) is 0. The summed E-state index contributed by atoms with van der Waals surface area (Å²) in [5, 5.41) is 8.61. The third-order valence-corrected chi connectivity index (χ3v) is 2.33. The fourth-order valence-corrected chi connectivity index (χ4v) is 1.48.